The Bertz CT molecular complexity index is 3500. The van der Waals surface area contributed by atoms with Gasteiger partial charge in [0.05, 0.1) is 11.4 Å². The van der Waals surface area contributed by atoms with Crippen LogP contribution in [0.4, 0.5) is 17.1 Å². The molecule has 0 saturated heterocycles. The van der Waals surface area contributed by atoms with Crippen LogP contribution in [0.25, 0.3) is 88.3 Å². The molecule has 1 aliphatic carbocycles. The van der Waals surface area contributed by atoms with Crippen molar-refractivity contribution < 1.29 is 4.42 Å². The van der Waals surface area contributed by atoms with Crippen LogP contribution in [0.3, 0.4) is 0 Å². The van der Waals surface area contributed by atoms with Crippen molar-refractivity contribution in [3.63, 3.8) is 0 Å². The number of furan rings is 1. The maximum Gasteiger partial charge on any atom is 0.143 e. The zero-order chi connectivity index (χ0) is 43.8. The highest BCUT2D eigenvalue weighted by Crippen LogP contribution is 2.49. The average molecular weight is 848 g/mol. The van der Waals surface area contributed by atoms with Crippen molar-refractivity contribution in [2.45, 2.75) is 38.0 Å². The predicted octanol–water partition coefficient (Wildman–Crippen LogP) is 18.6. The highest BCUT2D eigenvalue weighted by atomic mass is 16.3. The third kappa shape index (κ3) is 7.16. The minimum absolute atomic E-state index is 0.564. The Morgan fingerprint density at radius 3 is 1.67 bits per heavy atom. The molecule has 66 heavy (non-hydrogen) atoms. The van der Waals surface area contributed by atoms with Crippen molar-refractivity contribution >= 4 is 49.8 Å². The minimum Gasteiger partial charge on any atom is -0.455 e. The lowest BCUT2D eigenvalue weighted by Gasteiger charge is -2.31. The fraction of sp³-hybridized carbons (Fsp3) is 0.0938. The van der Waals surface area contributed by atoms with E-state index in [1.165, 1.54) is 87.4 Å². The first-order chi connectivity index (χ1) is 32.8. The predicted molar refractivity (Wildman–Crippen MR) is 279 cm³/mol. The van der Waals surface area contributed by atoms with Crippen LogP contribution in [0, 0.1) is 0 Å². The maximum absolute atomic E-state index is 6.72. The number of para-hydroxylation sites is 4. The van der Waals surface area contributed by atoms with Gasteiger partial charge in [-0.05, 0) is 110 Å². The van der Waals surface area contributed by atoms with Crippen molar-refractivity contribution in [1.29, 1.82) is 0 Å². The van der Waals surface area contributed by atoms with Crippen LogP contribution >= 0.6 is 0 Å². The lowest BCUT2D eigenvalue weighted by Crippen LogP contribution is -2.12. The number of fused-ring (bicyclic) bond motifs is 4. The zero-order valence-corrected chi connectivity index (χ0v) is 36.9. The van der Waals surface area contributed by atoms with Gasteiger partial charge in [-0.25, -0.2) is 0 Å². The lowest BCUT2D eigenvalue weighted by atomic mass is 9.80. The minimum atomic E-state index is 0.564. The van der Waals surface area contributed by atoms with Gasteiger partial charge in [-0.2, -0.15) is 0 Å². The molecule has 0 atom stereocenters. The molecule has 2 nitrogen and oxygen atoms in total. The molecule has 2 heteroatoms. The second kappa shape index (κ2) is 17.2. The second-order valence-electron chi connectivity index (χ2n) is 17.8. The van der Waals surface area contributed by atoms with Gasteiger partial charge >= 0.3 is 0 Å². The Balaban J connectivity index is 1.05. The summed E-state index contributed by atoms with van der Waals surface area (Å²) in [7, 11) is 0. The van der Waals surface area contributed by atoms with E-state index in [0.29, 0.717) is 5.92 Å². The number of nitrogens with zero attached hydrogens (tertiary/aromatic N) is 1. The van der Waals surface area contributed by atoms with E-state index in [1.54, 1.807) is 0 Å². The summed E-state index contributed by atoms with van der Waals surface area (Å²) in [5, 5.41) is 4.92. The van der Waals surface area contributed by atoms with E-state index in [2.05, 4.69) is 229 Å². The van der Waals surface area contributed by atoms with Crippen molar-refractivity contribution in [3.8, 4) is 55.6 Å². The highest BCUT2D eigenvalue weighted by molar-refractivity contribution is 6.11. The Morgan fingerprint density at radius 1 is 0.364 bits per heavy atom. The molecule has 0 unspecified atom stereocenters. The molecular formula is C64H49NO. The van der Waals surface area contributed by atoms with Crippen molar-refractivity contribution in [1.82, 2.24) is 0 Å². The highest BCUT2D eigenvalue weighted by Gasteiger charge is 2.25. The van der Waals surface area contributed by atoms with Gasteiger partial charge in [0, 0.05) is 33.2 Å². The summed E-state index contributed by atoms with van der Waals surface area (Å²) >= 11 is 0. The summed E-state index contributed by atoms with van der Waals surface area (Å²) in [5.41, 5.74) is 18.4. The first-order valence-electron chi connectivity index (χ1n) is 23.5. The van der Waals surface area contributed by atoms with Crippen LogP contribution in [0.5, 0.6) is 0 Å². The van der Waals surface area contributed by atoms with Gasteiger partial charge in [-0.1, -0.05) is 213 Å². The fourth-order valence-corrected chi connectivity index (χ4v) is 10.8. The second-order valence-corrected chi connectivity index (χ2v) is 17.8. The van der Waals surface area contributed by atoms with Crippen LogP contribution in [0.1, 0.15) is 43.6 Å². The summed E-state index contributed by atoms with van der Waals surface area (Å²) in [6.45, 7) is 0. The number of anilines is 3. The summed E-state index contributed by atoms with van der Waals surface area (Å²) in [5.74, 6) is 0.564. The maximum atomic E-state index is 6.72. The van der Waals surface area contributed by atoms with Gasteiger partial charge in [-0.15, -0.1) is 0 Å². The Hall–Kier alpha value is -7.94. The molecular weight excluding hydrogens is 799 g/mol. The van der Waals surface area contributed by atoms with E-state index in [-0.39, 0.29) is 0 Å². The summed E-state index contributed by atoms with van der Waals surface area (Å²) in [6, 6.07) is 84.2. The van der Waals surface area contributed by atoms with E-state index in [0.717, 1.165) is 55.7 Å². The van der Waals surface area contributed by atoms with Crippen LogP contribution < -0.4 is 4.90 Å². The van der Waals surface area contributed by atoms with E-state index >= 15 is 0 Å². The number of rotatable bonds is 9. The lowest BCUT2D eigenvalue weighted by molar-refractivity contribution is 0.445. The summed E-state index contributed by atoms with van der Waals surface area (Å²) < 4.78 is 6.72. The molecule has 12 rings (SSSR count). The molecule has 1 fully saturated rings. The molecule has 1 aliphatic rings. The molecule has 316 valence electrons. The standard InChI is InChI=1S/C64H49NO/c1-4-19-45(20-5-1)51-42-39-49(43-59(51)47-23-8-3-9-24-47)44-37-40-50(41-38-44)65(61-35-14-11-28-54(61)57-32-18-33-58-55-29-12-15-36-62(55)66-64(57)58)60-34-13-10-27-53(60)56-31-17-26-48-25-16-30-52(63(48)56)46-21-6-2-7-22-46/h1,3-5,8-20,23-43,46H,2,6-7,21-22H2. The summed E-state index contributed by atoms with van der Waals surface area (Å²) in [4.78, 5) is 2.48. The van der Waals surface area contributed by atoms with Crippen molar-refractivity contribution in [3.05, 3.63) is 236 Å². The van der Waals surface area contributed by atoms with E-state index in [1.807, 2.05) is 6.07 Å². The van der Waals surface area contributed by atoms with Crippen molar-refractivity contribution in [2.75, 3.05) is 4.90 Å². The zero-order valence-electron chi connectivity index (χ0n) is 36.9. The number of hydrogen-bond acceptors (Lipinski definition) is 2. The summed E-state index contributed by atoms with van der Waals surface area (Å²) in [6.07, 6.45) is 6.41. The molecule has 1 heterocycles. The van der Waals surface area contributed by atoms with Crippen LogP contribution in [-0.4, -0.2) is 0 Å². The molecule has 0 amide bonds. The fourth-order valence-electron chi connectivity index (χ4n) is 10.8. The van der Waals surface area contributed by atoms with Crippen LogP contribution in [0.2, 0.25) is 0 Å². The Morgan fingerprint density at radius 2 is 0.924 bits per heavy atom. The third-order valence-corrected chi connectivity index (χ3v) is 13.9. The van der Waals surface area contributed by atoms with Gasteiger partial charge < -0.3 is 9.32 Å². The van der Waals surface area contributed by atoms with Gasteiger partial charge in [-0.3, -0.25) is 0 Å². The van der Waals surface area contributed by atoms with E-state index < -0.39 is 0 Å². The Kier molecular flexibility index (Phi) is 10.3. The third-order valence-electron chi connectivity index (χ3n) is 13.9. The molecule has 0 radical (unpaired) electrons. The molecule has 1 aromatic heterocycles. The molecule has 0 N–H and O–H groups in total. The average Bonchev–Trinajstić information content (AvgIpc) is 3.79. The van der Waals surface area contributed by atoms with Crippen molar-refractivity contribution in [2.24, 2.45) is 0 Å². The molecule has 0 aliphatic heterocycles. The molecule has 10 aromatic carbocycles. The quantitative estimate of drug-likeness (QED) is 0.144. The van der Waals surface area contributed by atoms with Gasteiger partial charge in [0.15, 0.2) is 0 Å². The monoisotopic (exact) mass is 847 g/mol. The SMILES string of the molecule is c1ccc(-c2ccc(-c3ccc(N(c4ccccc4-c4cccc5c4oc4ccccc45)c4ccccc4-c4cccc5cccc(C6CCCCC6)c45)cc3)cc2-c2ccccc2)cc1. The first-order valence-corrected chi connectivity index (χ1v) is 23.5. The number of benzene rings is 10. The van der Waals surface area contributed by atoms with E-state index in [4.69, 9.17) is 4.42 Å². The van der Waals surface area contributed by atoms with Crippen LogP contribution in [0.15, 0.2) is 235 Å². The topological polar surface area (TPSA) is 16.4 Å². The first kappa shape index (κ1) is 39.6. The normalized spacial score (nSPS) is 13.1. The molecule has 1 saturated carbocycles. The van der Waals surface area contributed by atoms with E-state index in [9.17, 15) is 0 Å². The van der Waals surface area contributed by atoms with Crippen LogP contribution in [-0.2, 0) is 0 Å². The Labute approximate surface area is 387 Å². The van der Waals surface area contributed by atoms with Gasteiger partial charge in [0.2, 0.25) is 0 Å². The largest absolute Gasteiger partial charge is 0.455 e. The van der Waals surface area contributed by atoms with Gasteiger partial charge in [0.25, 0.3) is 0 Å². The molecule has 11 aromatic rings. The smallest absolute Gasteiger partial charge is 0.143 e. The molecule has 0 spiro atoms. The van der Waals surface area contributed by atoms with Gasteiger partial charge in [0.1, 0.15) is 11.2 Å². The molecule has 0 bridgehead atoms. The number of hydrogen-bond donors (Lipinski definition) is 0.